The number of rotatable bonds is 9. The fourth-order valence-corrected chi connectivity index (χ4v) is 3.43. The maximum absolute atomic E-state index is 5.02. The molecule has 0 saturated carbocycles. The Balaban J connectivity index is 2.40. The van der Waals surface area contributed by atoms with E-state index in [1.165, 1.54) is 27.1 Å². The first-order valence-electron chi connectivity index (χ1n) is 6.74. The van der Waals surface area contributed by atoms with E-state index in [0.29, 0.717) is 0 Å². The van der Waals surface area contributed by atoms with Crippen LogP contribution in [0.4, 0.5) is 0 Å². The Bertz CT molecular complexity index is 371. The van der Waals surface area contributed by atoms with E-state index in [0.717, 1.165) is 25.6 Å². The first kappa shape index (κ1) is 17.0. The van der Waals surface area contributed by atoms with Crippen molar-refractivity contribution in [2.75, 3.05) is 26.0 Å². The predicted molar refractivity (Wildman–Crippen MR) is 87.9 cm³/mol. The van der Waals surface area contributed by atoms with Crippen LogP contribution in [0.1, 0.15) is 25.8 Å². The molecule has 0 aliphatic carbocycles. The standard InChI is InChI=1S/C15H24BrNOS/c1-12(2)6-9-19-14-5-4-13(15(16)10-14)11-17-7-8-18-3/h4-5,10,12,17H,6-9,11H2,1-3H3. The number of thioether (sulfide) groups is 1. The summed E-state index contributed by atoms with van der Waals surface area (Å²) in [7, 11) is 1.72. The summed E-state index contributed by atoms with van der Waals surface area (Å²) < 4.78 is 6.20. The van der Waals surface area contributed by atoms with E-state index in [4.69, 9.17) is 4.74 Å². The van der Waals surface area contributed by atoms with Gasteiger partial charge < -0.3 is 10.1 Å². The van der Waals surface area contributed by atoms with Gasteiger partial charge in [-0.05, 0) is 35.8 Å². The lowest BCUT2D eigenvalue weighted by molar-refractivity contribution is 0.199. The summed E-state index contributed by atoms with van der Waals surface area (Å²) in [5, 5.41) is 3.36. The molecule has 0 saturated heterocycles. The highest BCUT2D eigenvalue weighted by Crippen LogP contribution is 2.26. The normalized spacial score (nSPS) is 11.2. The SMILES string of the molecule is COCCNCc1ccc(SCCC(C)C)cc1Br. The van der Waals surface area contributed by atoms with Crippen molar-refractivity contribution in [3.8, 4) is 0 Å². The highest BCUT2D eigenvalue weighted by atomic mass is 79.9. The summed E-state index contributed by atoms with van der Waals surface area (Å²) in [5.41, 5.74) is 1.30. The maximum atomic E-state index is 5.02. The van der Waals surface area contributed by atoms with Crippen molar-refractivity contribution in [2.45, 2.75) is 31.7 Å². The van der Waals surface area contributed by atoms with Crippen molar-refractivity contribution in [2.24, 2.45) is 5.92 Å². The summed E-state index contributed by atoms with van der Waals surface area (Å²) in [4.78, 5) is 1.34. The van der Waals surface area contributed by atoms with E-state index >= 15 is 0 Å². The third-order valence-electron chi connectivity index (χ3n) is 2.79. The van der Waals surface area contributed by atoms with E-state index in [1.54, 1.807) is 7.11 Å². The Hall–Kier alpha value is -0.0300. The zero-order valence-electron chi connectivity index (χ0n) is 12.0. The minimum atomic E-state index is 0.751. The van der Waals surface area contributed by atoms with Crippen LogP contribution in [-0.4, -0.2) is 26.0 Å². The van der Waals surface area contributed by atoms with Gasteiger partial charge in [0.05, 0.1) is 6.61 Å². The molecule has 0 spiro atoms. The molecule has 1 rings (SSSR count). The first-order valence-corrected chi connectivity index (χ1v) is 8.52. The molecule has 0 unspecified atom stereocenters. The number of ether oxygens (including phenoxy) is 1. The van der Waals surface area contributed by atoms with Crippen molar-refractivity contribution >= 4 is 27.7 Å². The van der Waals surface area contributed by atoms with Crippen LogP contribution in [0.2, 0.25) is 0 Å². The molecule has 1 aromatic rings. The van der Waals surface area contributed by atoms with Crippen LogP contribution in [0.25, 0.3) is 0 Å². The number of hydrogen-bond donors (Lipinski definition) is 1. The quantitative estimate of drug-likeness (QED) is 0.531. The second-order valence-corrected chi connectivity index (χ2v) is 6.98. The zero-order valence-corrected chi connectivity index (χ0v) is 14.4. The molecule has 4 heteroatoms. The number of benzene rings is 1. The van der Waals surface area contributed by atoms with E-state index < -0.39 is 0 Å². The van der Waals surface area contributed by atoms with Gasteiger partial charge in [-0.15, -0.1) is 11.8 Å². The second-order valence-electron chi connectivity index (χ2n) is 4.95. The molecule has 0 aliphatic rings. The average Bonchev–Trinajstić information content (AvgIpc) is 2.36. The number of halogens is 1. The van der Waals surface area contributed by atoms with Crippen molar-refractivity contribution in [1.29, 1.82) is 0 Å². The number of nitrogens with one attached hydrogen (secondary N) is 1. The Labute approximate surface area is 129 Å². The van der Waals surface area contributed by atoms with Crippen molar-refractivity contribution in [1.82, 2.24) is 5.32 Å². The number of methoxy groups -OCH3 is 1. The second kappa shape index (κ2) is 9.81. The highest BCUT2D eigenvalue weighted by molar-refractivity contribution is 9.10. The molecule has 0 atom stereocenters. The number of hydrogen-bond acceptors (Lipinski definition) is 3. The van der Waals surface area contributed by atoms with Crippen molar-refractivity contribution < 1.29 is 4.74 Å². The molecule has 0 amide bonds. The molecule has 19 heavy (non-hydrogen) atoms. The van der Waals surface area contributed by atoms with Gasteiger partial charge in [0, 0.05) is 29.6 Å². The Morgan fingerprint density at radius 1 is 1.37 bits per heavy atom. The molecule has 1 N–H and O–H groups in total. The monoisotopic (exact) mass is 345 g/mol. The lowest BCUT2D eigenvalue weighted by Gasteiger charge is -2.09. The summed E-state index contributed by atoms with van der Waals surface area (Å²) in [6.07, 6.45) is 1.27. The third kappa shape index (κ3) is 7.35. The van der Waals surface area contributed by atoms with Gasteiger partial charge >= 0.3 is 0 Å². The first-order chi connectivity index (χ1) is 9.13. The van der Waals surface area contributed by atoms with Crippen LogP contribution >= 0.6 is 27.7 Å². The fraction of sp³-hybridized carbons (Fsp3) is 0.600. The summed E-state index contributed by atoms with van der Waals surface area (Å²) in [6.45, 7) is 7.05. The summed E-state index contributed by atoms with van der Waals surface area (Å²) >= 11 is 5.59. The maximum Gasteiger partial charge on any atom is 0.0587 e. The van der Waals surface area contributed by atoms with Crippen LogP contribution in [0.3, 0.4) is 0 Å². The van der Waals surface area contributed by atoms with Gasteiger partial charge in [0.1, 0.15) is 0 Å². The van der Waals surface area contributed by atoms with Crippen LogP contribution < -0.4 is 5.32 Å². The Kier molecular flexibility index (Phi) is 8.79. The minimum Gasteiger partial charge on any atom is -0.383 e. The molecule has 1 aromatic carbocycles. The van der Waals surface area contributed by atoms with Gasteiger partial charge in [-0.2, -0.15) is 0 Å². The molecule has 0 fully saturated rings. The van der Waals surface area contributed by atoms with Crippen molar-refractivity contribution in [3.05, 3.63) is 28.2 Å². The lowest BCUT2D eigenvalue weighted by atomic mass is 10.2. The molecule has 2 nitrogen and oxygen atoms in total. The van der Waals surface area contributed by atoms with Gasteiger partial charge in [-0.25, -0.2) is 0 Å². The van der Waals surface area contributed by atoms with Crippen LogP contribution in [-0.2, 0) is 11.3 Å². The topological polar surface area (TPSA) is 21.3 Å². The van der Waals surface area contributed by atoms with Gasteiger partial charge in [-0.3, -0.25) is 0 Å². The molecule has 0 radical (unpaired) electrons. The summed E-state index contributed by atoms with van der Waals surface area (Å²) in [5.74, 6) is 1.97. The molecule has 0 heterocycles. The highest BCUT2D eigenvalue weighted by Gasteiger charge is 2.03. The molecular formula is C15H24BrNOS. The average molecular weight is 346 g/mol. The van der Waals surface area contributed by atoms with Crippen LogP contribution in [0.5, 0.6) is 0 Å². The summed E-state index contributed by atoms with van der Waals surface area (Å²) in [6, 6.07) is 6.63. The van der Waals surface area contributed by atoms with E-state index in [1.807, 2.05) is 11.8 Å². The third-order valence-corrected chi connectivity index (χ3v) is 4.55. The van der Waals surface area contributed by atoms with Crippen LogP contribution in [0, 0.1) is 5.92 Å². The Morgan fingerprint density at radius 2 is 2.16 bits per heavy atom. The van der Waals surface area contributed by atoms with Gasteiger partial charge in [-0.1, -0.05) is 35.8 Å². The van der Waals surface area contributed by atoms with Gasteiger partial charge in [0.25, 0.3) is 0 Å². The smallest absolute Gasteiger partial charge is 0.0587 e. The Morgan fingerprint density at radius 3 is 2.79 bits per heavy atom. The molecule has 108 valence electrons. The van der Waals surface area contributed by atoms with Crippen LogP contribution in [0.15, 0.2) is 27.6 Å². The lowest BCUT2D eigenvalue weighted by Crippen LogP contribution is -2.18. The predicted octanol–water partition coefficient (Wildman–Crippen LogP) is 4.32. The van der Waals surface area contributed by atoms with Gasteiger partial charge in [0.2, 0.25) is 0 Å². The van der Waals surface area contributed by atoms with Gasteiger partial charge in [0.15, 0.2) is 0 Å². The van der Waals surface area contributed by atoms with E-state index in [9.17, 15) is 0 Å². The van der Waals surface area contributed by atoms with Crippen molar-refractivity contribution in [3.63, 3.8) is 0 Å². The van der Waals surface area contributed by atoms with E-state index in [-0.39, 0.29) is 0 Å². The van der Waals surface area contributed by atoms with E-state index in [2.05, 4.69) is 53.3 Å². The molecular weight excluding hydrogens is 322 g/mol. The molecule has 0 aromatic heterocycles. The fourth-order valence-electron chi connectivity index (χ4n) is 1.57. The minimum absolute atomic E-state index is 0.751. The molecule has 0 aliphatic heterocycles. The zero-order chi connectivity index (χ0) is 14.1. The largest absolute Gasteiger partial charge is 0.383 e. The molecule has 0 bridgehead atoms.